The normalized spacial score (nSPS) is 18.9. The first kappa shape index (κ1) is 21.2. The molecule has 0 aliphatic heterocycles. The van der Waals surface area contributed by atoms with Gasteiger partial charge in [-0.1, -0.05) is 42.5 Å². The second kappa shape index (κ2) is 8.60. The highest BCUT2D eigenvalue weighted by atomic mass is 32.2. The summed E-state index contributed by atoms with van der Waals surface area (Å²) < 4.78 is 43.2. The summed E-state index contributed by atoms with van der Waals surface area (Å²) in [6, 6.07) is 16.0. The molecule has 1 aromatic heterocycles. The molecule has 7 nitrogen and oxygen atoms in total. The summed E-state index contributed by atoms with van der Waals surface area (Å²) in [5, 5.41) is 0. The van der Waals surface area contributed by atoms with Crippen LogP contribution in [0.2, 0.25) is 0 Å². The third kappa shape index (κ3) is 4.83. The van der Waals surface area contributed by atoms with Gasteiger partial charge in [-0.15, -0.1) is 0 Å². The Bertz CT molecular complexity index is 1230. The van der Waals surface area contributed by atoms with Crippen molar-refractivity contribution >= 4 is 15.8 Å². The van der Waals surface area contributed by atoms with Crippen LogP contribution in [-0.2, 0) is 16.4 Å². The van der Waals surface area contributed by atoms with Gasteiger partial charge in [0.05, 0.1) is 4.90 Å². The van der Waals surface area contributed by atoms with Crippen molar-refractivity contribution in [2.45, 2.75) is 42.7 Å². The number of hydrogen-bond donors (Lipinski definition) is 2. The highest BCUT2D eigenvalue weighted by molar-refractivity contribution is 7.89. The van der Waals surface area contributed by atoms with Gasteiger partial charge in [-0.2, -0.15) is 4.98 Å². The third-order valence-corrected chi connectivity index (χ3v) is 7.08. The molecule has 2 atom stereocenters. The van der Waals surface area contributed by atoms with Crippen LogP contribution in [0.3, 0.4) is 0 Å². The molecule has 1 aliphatic rings. The number of nitrogen functional groups attached to an aromatic ring is 1. The zero-order valence-corrected chi connectivity index (χ0v) is 17.6. The van der Waals surface area contributed by atoms with E-state index in [-0.39, 0.29) is 17.0 Å². The molecule has 0 bridgehead atoms. The van der Waals surface area contributed by atoms with Crippen molar-refractivity contribution in [2.24, 2.45) is 0 Å². The first-order valence-electron chi connectivity index (χ1n) is 10.0. The first-order valence-corrected chi connectivity index (χ1v) is 11.5. The number of halogens is 1. The summed E-state index contributed by atoms with van der Waals surface area (Å²) >= 11 is 0. The Kier molecular flexibility index (Phi) is 5.88. The van der Waals surface area contributed by atoms with Crippen LogP contribution < -0.4 is 16.1 Å². The Morgan fingerprint density at radius 2 is 1.74 bits per heavy atom. The molecule has 0 saturated heterocycles. The van der Waals surface area contributed by atoms with Crippen molar-refractivity contribution in [1.29, 1.82) is 0 Å². The van der Waals surface area contributed by atoms with Crippen LogP contribution in [0.25, 0.3) is 0 Å². The Morgan fingerprint density at radius 1 is 1.06 bits per heavy atom. The molecule has 31 heavy (non-hydrogen) atoms. The molecule has 9 heteroatoms. The lowest BCUT2D eigenvalue weighted by molar-refractivity contribution is 0.461. The lowest BCUT2D eigenvalue weighted by Crippen LogP contribution is -2.34. The van der Waals surface area contributed by atoms with Gasteiger partial charge in [0.2, 0.25) is 10.0 Å². The van der Waals surface area contributed by atoms with E-state index in [1.54, 1.807) is 24.3 Å². The number of rotatable bonds is 6. The van der Waals surface area contributed by atoms with Crippen LogP contribution in [0.4, 0.5) is 10.2 Å². The maximum absolute atomic E-state index is 13.7. The molecule has 0 radical (unpaired) electrons. The van der Waals surface area contributed by atoms with Gasteiger partial charge in [0, 0.05) is 18.3 Å². The molecule has 2 aromatic carbocycles. The summed E-state index contributed by atoms with van der Waals surface area (Å²) in [4.78, 5) is 15.7. The van der Waals surface area contributed by atoms with E-state index in [2.05, 4.69) is 9.71 Å². The highest BCUT2D eigenvalue weighted by Gasteiger charge is 2.30. The number of anilines is 1. The Labute approximate surface area is 179 Å². The van der Waals surface area contributed by atoms with E-state index in [1.807, 2.05) is 30.3 Å². The Morgan fingerprint density at radius 3 is 2.45 bits per heavy atom. The Balaban J connectivity index is 1.42. The van der Waals surface area contributed by atoms with Crippen molar-refractivity contribution in [3.8, 4) is 0 Å². The van der Waals surface area contributed by atoms with Gasteiger partial charge in [-0.3, -0.25) is 4.57 Å². The molecule has 0 spiro atoms. The minimum atomic E-state index is -3.71. The van der Waals surface area contributed by atoms with E-state index in [0.717, 1.165) is 23.7 Å². The summed E-state index contributed by atoms with van der Waals surface area (Å²) in [6.07, 6.45) is 3.20. The number of aromatic nitrogens is 2. The summed E-state index contributed by atoms with van der Waals surface area (Å²) in [5.74, 6) is -1.20. The standard InChI is InChI=1S/C22H23FN4O3S/c23-20-14-27(22(28)25-21(20)24)18-9-8-17(13-18)26-31(29,30)19-10-6-16(7-11-19)12-15-4-2-1-3-5-15/h1-7,10-11,14,17-18,26H,8-9,12-13H2,(H2,24,25,28). The summed E-state index contributed by atoms with van der Waals surface area (Å²) in [7, 11) is -3.71. The molecule has 1 saturated carbocycles. The highest BCUT2D eigenvalue weighted by Crippen LogP contribution is 2.30. The molecule has 1 fully saturated rings. The average molecular weight is 443 g/mol. The zero-order valence-electron chi connectivity index (χ0n) is 16.7. The number of benzene rings is 2. The van der Waals surface area contributed by atoms with Crippen molar-refractivity contribution in [1.82, 2.24) is 14.3 Å². The third-order valence-electron chi connectivity index (χ3n) is 5.54. The molecule has 162 valence electrons. The van der Waals surface area contributed by atoms with Crippen LogP contribution in [0, 0.1) is 5.82 Å². The van der Waals surface area contributed by atoms with Gasteiger partial charge in [0.15, 0.2) is 11.6 Å². The lowest BCUT2D eigenvalue weighted by Gasteiger charge is -2.16. The summed E-state index contributed by atoms with van der Waals surface area (Å²) in [6.45, 7) is 0. The molecule has 1 heterocycles. The fourth-order valence-corrected chi connectivity index (χ4v) is 5.23. The van der Waals surface area contributed by atoms with Gasteiger partial charge >= 0.3 is 5.69 Å². The minimum absolute atomic E-state index is 0.185. The smallest absolute Gasteiger partial charge is 0.349 e. The van der Waals surface area contributed by atoms with Crippen molar-refractivity contribution in [3.05, 3.63) is 88.2 Å². The van der Waals surface area contributed by atoms with E-state index in [0.29, 0.717) is 19.3 Å². The first-order chi connectivity index (χ1) is 14.8. The molecule has 3 N–H and O–H groups in total. The topological polar surface area (TPSA) is 107 Å². The van der Waals surface area contributed by atoms with Crippen molar-refractivity contribution < 1.29 is 12.8 Å². The number of nitrogens with zero attached hydrogens (tertiary/aromatic N) is 2. The predicted octanol–water partition coefficient (Wildman–Crippen LogP) is 2.63. The summed E-state index contributed by atoms with van der Waals surface area (Å²) in [5.41, 5.74) is 6.86. The van der Waals surface area contributed by atoms with Crippen LogP contribution in [0.15, 0.2) is 70.5 Å². The van der Waals surface area contributed by atoms with E-state index in [9.17, 15) is 17.6 Å². The fourth-order valence-electron chi connectivity index (χ4n) is 3.94. The minimum Gasteiger partial charge on any atom is -0.381 e. The molecule has 1 aliphatic carbocycles. The van der Waals surface area contributed by atoms with Crippen molar-refractivity contribution in [3.63, 3.8) is 0 Å². The number of nitrogens with two attached hydrogens (primary N) is 1. The molecule has 4 rings (SSSR count). The van der Waals surface area contributed by atoms with Crippen LogP contribution in [0.5, 0.6) is 0 Å². The van der Waals surface area contributed by atoms with E-state index >= 15 is 0 Å². The van der Waals surface area contributed by atoms with Gasteiger partial charge in [0.1, 0.15) is 0 Å². The maximum atomic E-state index is 13.7. The second-order valence-electron chi connectivity index (χ2n) is 7.76. The van der Waals surface area contributed by atoms with Gasteiger partial charge in [0.25, 0.3) is 0 Å². The van der Waals surface area contributed by atoms with Crippen molar-refractivity contribution in [2.75, 3.05) is 5.73 Å². The maximum Gasteiger partial charge on any atom is 0.349 e. The van der Waals surface area contributed by atoms with Crippen LogP contribution in [0.1, 0.15) is 36.4 Å². The monoisotopic (exact) mass is 442 g/mol. The lowest BCUT2D eigenvalue weighted by atomic mass is 10.1. The number of sulfonamides is 1. The van der Waals surface area contributed by atoms with Gasteiger partial charge in [-0.05, 0) is 48.9 Å². The SMILES string of the molecule is Nc1nc(=O)n(C2CCC(NS(=O)(=O)c3ccc(Cc4ccccc4)cc3)C2)cc1F. The molecular formula is C22H23FN4O3S. The number of nitrogens with one attached hydrogen (secondary N) is 1. The fraction of sp³-hybridized carbons (Fsp3) is 0.273. The quantitative estimate of drug-likeness (QED) is 0.610. The Hall–Kier alpha value is -3.04. The molecule has 3 aromatic rings. The average Bonchev–Trinajstić information content (AvgIpc) is 3.19. The molecular weight excluding hydrogens is 419 g/mol. The van der Waals surface area contributed by atoms with Gasteiger partial charge in [-0.25, -0.2) is 22.3 Å². The van der Waals surface area contributed by atoms with Crippen LogP contribution in [-0.4, -0.2) is 24.0 Å². The number of hydrogen-bond acceptors (Lipinski definition) is 5. The predicted molar refractivity (Wildman–Crippen MR) is 116 cm³/mol. The largest absolute Gasteiger partial charge is 0.381 e. The molecule has 0 amide bonds. The van der Waals surface area contributed by atoms with Gasteiger partial charge < -0.3 is 5.73 Å². The second-order valence-corrected chi connectivity index (χ2v) is 9.47. The zero-order chi connectivity index (χ0) is 22.0. The van der Waals surface area contributed by atoms with E-state index < -0.39 is 27.3 Å². The van der Waals surface area contributed by atoms with E-state index in [1.165, 1.54) is 4.57 Å². The molecule has 2 unspecified atom stereocenters. The van der Waals surface area contributed by atoms with E-state index in [4.69, 9.17) is 5.73 Å². The van der Waals surface area contributed by atoms with Crippen LogP contribution >= 0.6 is 0 Å².